The van der Waals surface area contributed by atoms with Crippen molar-refractivity contribution >= 4 is 11.7 Å². The maximum atomic E-state index is 12.8. The van der Waals surface area contributed by atoms with Crippen molar-refractivity contribution in [3.05, 3.63) is 71.8 Å². The molecule has 3 nitrogen and oxygen atoms in total. The first kappa shape index (κ1) is 22.9. The van der Waals surface area contributed by atoms with Gasteiger partial charge in [0, 0.05) is 11.1 Å². The molecule has 2 unspecified atom stereocenters. The molecule has 3 atom stereocenters. The highest BCUT2D eigenvalue weighted by molar-refractivity contribution is 6.13. The third-order valence-corrected chi connectivity index (χ3v) is 5.25. The van der Waals surface area contributed by atoms with Crippen LogP contribution in [-0.2, 0) is 9.53 Å². The van der Waals surface area contributed by atoms with Crippen molar-refractivity contribution in [1.82, 2.24) is 0 Å². The standard InChI is InChI=1S/C26H35NO2/c1-5-7-14-20(3)19-21(4)24(26(28)29-6-2)27-25(22-15-10-8-11-16-22)23-17-12-9-13-18-23/h8-13,15-18,20-21,24H,5-7,14,19H2,1-4H3/t20?,21-,24?/m1/s1. The van der Waals surface area contributed by atoms with E-state index in [1.165, 1.54) is 19.3 Å². The molecule has 2 aromatic carbocycles. The number of benzene rings is 2. The number of carbonyl (C=O) groups is 1. The number of aliphatic imine (C=N–C) groups is 1. The van der Waals surface area contributed by atoms with Crippen LogP contribution in [-0.4, -0.2) is 24.3 Å². The van der Waals surface area contributed by atoms with Gasteiger partial charge < -0.3 is 4.74 Å². The molecule has 0 saturated heterocycles. The molecule has 0 spiro atoms. The van der Waals surface area contributed by atoms with Crippen molar-refractivity contribution in [2.24, 2.45) is 16.8 Å². The van der Waals surface area contributed by atoms with Gasteiger partial charge in [0.05, 0.1) is 12.3 Å². The highest BCUT2D eigenvalue weighted by Crippen LogP contribution is 2.24. The van der Waals surface area contributed by atoms with Gasteiger partial charge >= 0.3 is 5.97 Å². The fourth-order valence-corrected chi connectivity index (χ4v) is 3.72. The maximum absolute atomic E-state index is 12.8. The minimum Gasteiger partial charge on any atom is -0.464 e. The van der Waals surface area contributed by atoms with Crippen LogP contribution in [0.2, 0.25) is 0 Å². The third kappa shape index (κ3) is 7.16. The van der Waals surface area contributed by atoms with E-state index >= 15 is 0 Å². The Bertz CT molecular complexity index is 713. The lowest BCUT2D eigenvalue weighted by molar-refractivity contribution is -0.145. The lowest BCUT2D eigenvalue weighted by atomic mass is 9.88. The number of esters is 1. The van der Waals surface area contributed by atoms with Gasteiger partial charge in [-0.3, -0.25) is 4.99 Å². The van der Waals surface area contributed by atoms with Crippen LogP contribution in [0.15, 0.2) is 65.7 Å². The molecular weight excluding hydrogens is 358 g/mol. The van der Waals surface area contributed by atoms with Crippen molar-refractivity contribution in [1.29, 1.82) is 0 Å². The van der Waals surface area contributed by atoms with Gasteiger partial charge in [-0.15, -0.1) is 0 Å². The molecule has 2 rings (SSSR count). The molecule has 2 aromatic rings. The SMILES string of the molecule is CCCCC(C)C[C@@H](C)C(N=C(c1ccccc1)c1ccccc1)C(=O)OCC. The monoisotopic (exact) mass is 393 g/mol. The zero-order chi connectivity index (χ0) is 21.1. The van der Waals surface area contributed by atoms with Crippen LogP contribution in [0.4, 0.5) is 0 Å². The minimum absolute atomic E-state index is 0.114. The number of ether oxygens (including phenoxy) is 1. The van der Waals surface area contributed by atoms with Gasteiger partial charge in [-0.05, 0) is 25.2 Å². The number of rotatable bonds is 11. The van der Waals surface area contributed by atoms with E-state index in [4.69, 9.17) is 9.73 Å². The lowest BCUT2D eigenvalue weighted by Gasteiger charge is -2.23. The van der Waals surface area contributed by atoms with E-state index in [-0.39, 0.29) is 11.9 Å². The topological polar surface area (TPSA) is 38.7 Å². The highest BCUT2D eigenvalue weighted by Gasteiger charge is 2.28. The Morgan fingerprint density at radius 1 is 0.931 bits per heavy atom. The summed E-state index contributed by atoms with van der Waals surface area (Å²) in [5.41, 5.74) is 2.87. The summed E-state index contributed by atoms with van der Waals surface area (Å²) < 4.78 is 5.41. The summed E-state index contributed by atoms with van der Waals surface area (Å²) in [6, 6.07) is 19.7. The first-order valence-electron chi connectivity index (χ1n) is 10.9. The quantitative estimate of drug-likeness (QED) is 0.331. The van der Waals surface area contributed by atoms with E-state index in [1.807, 2.05) is 67.6 Å². The van der Waals surface area contributed by atoms with E-state index in [2.05, 4.69) is 20.8 Å². The number of unbranched alkanes of at least 4 members (excludes halogenated alkanes) is 1. The molecule has 0 aromatic heterocycles. The average Bonchev–Trinajstić information content (AvgIpc) is 2.74. The van der Waals surface area contributed by atoms with E-state index in [9.17, 15) is 4.79 Å². The smallest absolute Gasteiger partial charge is 0.331 e. The van der Waals surface area contributed by atoms with Gasteiger partial charge in [-0.1, -0.05) is 101 Å². The summed E-state index contributed by atoms with van der Waals surface area (Å²) in [4.78, 5) is 17.9. The van der Waals surface area contributed by atoms with Crippen molar-refractivity contribution < 1.29 is 9.53 Å². The predicted molar refractivity (Wildman–Crippen MR) is 121 cm³/mol. The van der Waals surface area contributed by atoms with Crippen LogP contribution < -0.4 is 0 Å². The third-order valence-electron chi connectivity index (χ3n) is 5.25. The van der Waals surface area contributed by atoms with Crippen LogP contribution in [0.3, 0.4) is 0 Å². The average molecular weight is 394 g/mol. The fraction of sp³-hybridized carbons (Fsp3) is 0.462. The van der Waals surface area contributed by atoms with Gasteiger partial charge in [-0.25, -0.2) is 4.79 Å². The van der Waals surface area contributed by atoms with Crippen LogP contribution >= 0.6 is 0 Å². The van der Waals surface area contributed by atoms with E-state index in [0.717, 1.165) is 23.3 Å². The van der Waals surface area contributed by atoms with Crippen LogP contribution in [0, 0.1) is 11.8 Å². The van der Waals surface area contributed by atoms with Gasteiger partial charge in [-0.2, -0.15) is 0 Å². The molecule has 0 bridgehead atoms. The van der Waals surface area contributed by atoms with Gasteiger partial charge in [0.15, 0.2) is 6.04 Å². The number of hydrogen-bond acceptors (Lipinski definition) is 3. The number of carbonyl (C=O) groups excluding carboxylic acids is 1. The normalized spacial score (nSPS) is 13.9. The van der Waals surface area contributed by atoms with Gasteiger partial charge in [0.1, 0.15) is 0 Å². The maximum Gasteiger partial charge on any atom is 0.331 e. The Morgan fingerprint density at radius 2 is 1.48 bits per heavy atom. The molecule has 0 amide bonds. The van der Waals surface area contributed by atoms with Crippen LogP contribution in [0.5, 0.6) is 0 Å². The summed E-state index contributed by atoms with van der Waals surface area (Å²) in [6.07, 6.45) is 4.57. The second-order valence-electron chi connectivity index (χ2n) is 7.87. The van der Waals surface area contributed by atoms with E-state index in [1.54, 1.807) is 0 Å². The van der Waals surface area contributed by atoms with Crippen LogP contribution in [0.25, 0.3) is 0 Å². The first-order valence-corrected chi connectivity index (χ1v) is 10.9. The molecule has 0 aliphatic heterocycles. The molecule has 0 fully saturated rings. The van der Waals surface area contributed by atoms with Gasteiger partial charge in [0.25, 0.3) is 0 Å². The lowest BCUT2D eigenvalue weighted by Crippen LogP contribution is -2.31. The summed E-state index contributed by atoms with van der Waals surface area (Å²) in [7, 11) is 0. The second kappa shape index (κ2) is 12.2. The molecule has 3 heteroatoms. The summed E-state index contributed by atoms with van der Waals surface area (Å²) in [5, 5.41) is 0. The summed E-state index contributed by atoms with van der Waals surface area (Å²) in [6.45, 7) is 8.83. The Hall–Kier alpha value is -2.42. The molecule has 0 heterocycles. The summed E-state index contributed by atoms with van der Waals surface area (Å²) in [5.74, 6) is 0.448. The zero-order valence-corrected chi connectivity index (χ0v) is 18.3. The molecule has 0 aliphatic rings. The molecule has 0 aliphatic carbocycles. The second-order valence-corrected chi connectivity index (χ2v) is 7.87. The van der Waals surface area contributed by atoms with Crippen molar-refractivity contribution in [2.75, 3.05) is 6.61 Å². The summed E-state index contributed by atoms with van der Waals surface area (Å²) >= 11 is 0. The Kier molecular flexibility index (Phi) is 9.63. The Labute approximate surface area is 176 Å². The largest absolute Gasteiger partial charge is 0.464 e. The zero-order valence-electron chi connectivity index (χ0n) is 18.3. The number of hydrogen-bond donors (Lipinski definition) is 0. The van der Waals surface area contributed by atoms with Crippen molar-refractivity contribution in [3.63, 3.8) is 0 Å². The van der Waals surface area contributed by atoms with E-state index < -0.39 is 6.04 Å². The predicted octanol–water partition coefficient (Wildman–Crippen LogP) is 6.31. The highest BCUT2D eigenvalue weighted by atomic mass is 16.5. The Morgan fingerprint density at radius 3 is 1.97 bits per heavy atom. The van der Waals surface area contributed by atoms with E-state index in [0.29, 0.717) is 12.5 Å². The fourth-order valence-electron chi connectivity index (χ4n) is 3.72. The van der Waals surface area contributed by atoms with Crippen molar-refractivity contribution in [3.8, 4) is 0 Å². The van der Waals surface area contributed by atoms with Crippen LogP contribution in [0.1, 0.15) is 64.5 Å². The molecular formula is C26H35NO2. The van der Waals surface area contributed by atoms with Crippen molar-refractivity contribution in [2.45, 2.75) is 59.4 Å². The molecule has 0 saturated carbocycles. The Balaban J connectivity index is 2.40. The first-order chi connectivity index (χ1) is 14.1. The molecule has 156 valence electrons. The minimum atomic E-state index is -0.505. The number of nitrogens with zero attached hydrogens (tertiary/aromatic N) is 1. The molecule has 0 N–H and O–H groups in total. The molecule has 29 heavy (non-hydrogen) atoms. The van der Waals surface area contributed by atoms with Gasteiger partial charge in [0.2, 0.25) is 0 Å². The molecule has 0 radical (unpaired) electrons.